The number of anilines is 1. The number of rotatable bonds is 6. The minimum atomic E-state index is -3.88. The standard InChI is InChI=1S/C24H26N6O2S/c25-33(31,32)20-13-19(15-26-16-20)23-28-24(27-14-17-7-3-1-4-8-17)22-21(11-12-30(22)29-23)18-9-5-2-6-10-18/h2,5-6,9-13,15-17H,1,3-4,7-8,14H2,(H2,25,31,32)(H,27,28,29). The van der Waals surface area contributed by atoms with E-state index in [9.17, 15) is 8.42 Å². The van der Waals surface area contributed by atoms with Crippen molar-refractivity contribution in [2.75, 3.05) is 11.9 Å². The summed E-state index contributed by atoms with van der Waals surface area (Å²) in [6, 6.07) is 13.6. The highest BCUT2D eigenvalue weighted by molar-refractivity contribution is 7.89. The van der Waals surface area contributed by atoms with E-state index in [1.807, 2.05) is 30.5 Å². The van der Waals surface area contributed by atoms with Crippen LogP contribution in [0.1, 0.15) is 32.1 Å². The van der Waals surface area contributed by atoms with Gasteiger partial charge >= 0.3 is 0 Å². The smallest absolute Gasteiger partial charge is 0.239 e. The van der Waals surface area contributed by atoms with Crippen molar-refractivity contribution < 1.29 is 8.42 Å². The molecule has 0 amide bonds. The summed E-state index contributed by atoms with van der Waals surface area (Å²) < 4.78 is 25.4. The Morgan fingerprint density at radius 3 is 2.58 bits per heavy atom. The molecule has 1 aromatic carbocycles. The first-order chi connectivity index (χ1) is 16.0. The summed E-state index contributed by atoms with van der Waals surface area (Å²) in [7, 11) is -3.88. The van der Waals surface area contributed by atoms with Crippen LogP contribution in [0.2, 0.25) is 0 Å². The van der Waals surface area contributed by atoms with Gasteiger partial charge in [-0.2, -0.15) is 0 Å². The Balaban J connectivity index is 1.60. The molecule has 0 saturated heterocycles. The van der Waals surface area contributed by atoms with Gasteiger partial charge in [0.25, 0.3) is 0 Å². The highest BCUT2D eigenvalue weighted by atomic mass is 32.2. The third kappa shape index (κ3) is 4.60. The van der Waals surface area contributed by atoms with Gasteiger partial charge in [-0.05, 0) is 36.5 Å². The summed E-state index contributed by atoms with van der Waals surface area (Å²) in [5.74, 6) is 1.71. The molecule has 8 nitrogen and oxygen atoms in total. The number of nitrogens with one attached hydrogen (secondary N) is 1. The number of sulfonamides is 1. The number of primary sulfonamides is 1. The molecule has 0 aliphatic heterocycles. The average molecular weight is 463 g/mol. The molecule has 3 N–H and O–H groups in total. The number of nitrogens with two attached hydrogens (primary N) is 1. The molecule has 1 aliphatic carbocycles. The number of nitrogens with zero attached hydrogens (tertiary/aromatic N) is 4. The van der Waals surface area contributed by atoms with Gasteiger partial charge in [0, 0.05) is 36.3 Å². The number of pyridine rings is 1. The van der Waals surface area contributed by atoms with Crippen LogP contribution < -0.4 is 10.5 Å². The van der Waals surface area contributed by atoms with E-state index in [2.05, 4.69) is 27.5 Å². The van der Waals surface area contributed by atoms with Gasteiger partial charge in [0.05, 0.1) is 0 Å². The minimum Gasteiger partial charge on any atom is -0.368 e. The molecule has 3 heterocycles. The maximum atomic E-state index is 11.8. The van der Waals surface area contributed by atoms with E-state index >= 15 is 0 Å². The Hall–Kier alpha value is -3.30. The third-order valence-electron chi connectivity index (χ3n) is 6.18. The fourth-order valence-corrected chi connectivity index (χ4v) is 4.95. The van der Waals surface area contributed by atoms with E-state index in [-0.39, 0.29) is 4.90 Å². The van der Waals surface area contributed by atoms with E-state index in [1.165, 1.54) is 44.4 Å². The van der Waals surface area contributed by atoms with Gasteiger partial charge in [0.15, 0.2) is 11.6 Å². The van der Waals surface area contributed by atoms with Crippen LogP contribution in [0, 0.1) is 5.92 Å². The maximum Gasteiger partial charge on any atom is 0.239 e. The molecular formula is C24H26N6O2S. The lowest BCUT2D eigenvalue weighted by molar-refractivity contribution is 0.373. The van der Waals surface area contributed by atoms with E-state index in [0.717, 1.165) is 29.0 Å². The van der Waals surface area contributed by atoms with Crippen LogP contribution in [0.3, 0.4) is 0 Å². The molecule has 3 aromatic heterocycles. The molecule has 4 aromatic rings. The summed E-state index contributed by atoms with van der Waals surface area (Å²) in [5.41, 5.74) is 3.48. The van der Waals surface area contributed by atoms with Crippen LogP contribution in [0.4, 0.5) is 5.82 Å². The van der Waals surface area contributed by atoms with Gasteiger partial charge in [-0.15, -0.1) is 5.10 Å². The predicted octanol–water partition coefficient (Wildman–Crippen LogP) is 4.10. The Morgan fingerprint density at radius 2 is 1.82 bits per heavy atom. The zero-order chi connectivity index (χ0) is 22.8. The first kappa shape index (κ1) is 21.5. The predicted molar refractivity (Wildman–Crippen MR) is 128 cm³/mol. The maximum absolute atomic E-state index is 11.8. The van der Waals surface area contributed by atoms with Crippen molar-refractivity contribution in [1.29, 1.82) is 0 Å². The van der Waals surface area contributed by atoms with E-state index in [1.54, 1.807) is 10.7 Å². The van der Waals surface area contributed by atoms with Crippen LogP contribution >= 0.6 is 0 Å². The molecule has 0 unspecified atom stereocenters. The first-order valence-electron chi connectivity index (χ1n) is 11.2. The molecular weight excluding hydrogens is 436 g/mol. The van der Waals surface area contributed by atoms with E-state index < -0.39 is 10.0 Å². The summed E-state index contributed by atoms with van der Waals surface area (Å²) >= 11 is 0. The van der Waals surface area contributed by atoms with Gasteiger partial charge < -0.3 is 5.32 Å². The second kappa shape index (κ2) is 8.92. The molecule has 0 radical (unpaired) electrons. The largest absolute Gasteiger partial charge is 0.368 e. The van der Waals surface area contributed by atoms with Gasteiger partial charge in [-0.25, -0.2) is 23.1 Å². The molecule has 0 bridgehead atoms. The summed E-state index contributed by atoms with van der Waals surface area (Å²) in [4.78, 5) is 8.79. The first-order valence-corrected chi connectivity index (χ1v) is 12.7. The lowest BCUT2D eigenvalue weighted by Gasteiger charge is -2.22. The Labute approximate surface area is 192 Å². The molecule has 170 valence electrons. The van der Waals surface area contributed by atoms with Gasteiger partial charge in [0.2, 0.25) is 10.0 Å². The SMILES string of the molecule is NS(=O)(=O)c1cncc(-c2nc(NCC3CCCCC3)c3c(-c4ccccc4)ccn3n2)c1. The van der Waals surface area contributed by atoms with Crippen LogP contribution in [-0.4, -0.2) is 34.5 Å². The normalized spacial score (nSPS) is 15.1. The molecule has 5 rings (SSSR count). The third-order valence-corrected chi connectivity index (χ3v) is 7.06. The number of hydrogen-bond donors (Lipinski definition) is 2. The second-order valence-corrected chi connectivity index (χ2v) is 10.1. The fraction of sp³-hybridized carbons (Fsp3) is 0.292. The Morgan fingerprint density at radius 1 is 1.03 bits per heavy atom. The highest BCUT2D eigenvalue weighted by Gasteiger charge is 2.19. The van der Waals surface area contributed by atoms with Crippen LogP contribution in [-0.2, 0) is 10.0 Å². The molecule has 0 spiro atoms. The summed E-state index contributed by atoms with van der Waals surface area (Å²) in [6.45, 7) is 0.834. The number of hydrogen-bond acceptors (Lipinski definition) is 6. The van der Waals surface area contributed by atoms with Crippen molar-refractivity contribution in [1.82, 2.24) is 19.6 Å². The van der Waals surface area contributed by atoms with Crippen molar-refractivity contribution in [3.8, 4) is 22.5 Å². The van der Waals surface area contributed by atoms with Crippen LogP contribution in [0.15, 0.2) is 66.0 Å². The molecule has 1 fully saturated rings. The number of aromatic nitrogens is 4. The Kier molecular flexibility index (Phi) is 5.82. The van der Waals surface area contributed by atoms with E-state index in [4.69, 9.17) is 10.1 Å². The zero-order valence-electron chi connectivity index (χ0n) is 18.2. The average Bonchev–Trinajstić information content (AvgIpc) is 3.28. The molecule has 33 heavy (non-hydrogen) atoms. The number of fused-ring (bicyclic) bond motifs is 1. The topological polar surface area (TPSA) is 115 Å². The lowest BCUT2D eigenvalue weighted by Crippen LogP contribution is -2.18. The quantitative estimate of drug-likeness (QED) is 0.446. The van der Waals surface area contributed by atoms with Gasteiger partial charge in [-0.1, -0.05) is 49.6 Å². The summed E-state index contributed by atoms with van der Waals surface area (Å²) in [6.07, 6.45) is 10.9. The molecule has 1 saturated carbocycles. The van der Waals surface area contributed by atoms with Crippen molar-refractivity contribution in [3.63, 3.8) is 0 Å². The second-order valence-electron chi connectivity index (χ2n) is 8.51. The molecule has 0 atom stereocenters. The number of benzene rings is 1. The molecule has 9 heteroatoms. The van der Waals surface area contributed by atoms with Crippen LogP contribution in [0.25, 0.3) is 28.0 Å². The van der Waals surface area contributed by atoms with Crippen molar-refractivity contribution in [2.24, 2.45) is 11.1 Å². The monoisotopic (exact) mass is 462 g/mol. The van der Waals surface area contributed by atoms with Crippen molar-refractivity contribution >= 4 is 21.4 Å². The zero-order valence-corrected chi connectivity index (χ0v) is 19.0. The van der Waals surface area contributed by atoms with Crippen molar-refractivity contribution in [3.05, 3.63) is 61.1 Å². The lowest BCUT2D eigenvalue weighted by atomic mass is 9.89. The van der Waals surface area contributed by atoms with Crippen LogP contribution in [0.5, 0.6) is 0 Å². The van der Waals surface area contributed by atoms with E-state index in [0.29, 0.717) is 17.3 Å². The Bertz CT molecular complexity index is 1380. The fourth-order valence-electron chi connectivity index (χ4n) is 4.45. The van der Waals surface area contributed by atoms with Gasteiger partial charge in [0.1, 0.15) is 10.4 Å². The minimum absolute atomic E-state index is 0.0714. The highest BCUT2D eigenvalue weighted by Crippen LogP contribution is 2.32. The van der Waals surface area contributed by atoms with Gasteiger partial charge in [-0.3, -0.25) is 4.98 Å². The molecule has 1 aliphatic rings. The van der Waals surface area contributed by atoms with Crippen molar-refractivity contribution in [2.45, 2.75) is 37.0 Å². The summed E-state index contributed by atoms with van der Waals surface area (Å²) in [5, 5.41) is 13.5.